The van der Waals surface area contributed by atoms with Gasteiger partial charge >= 0.3 is 0 Å². The summed E-state index contributed by atoms with van der Waals surface area (Å²) in [4.78, 5) is 4.87. The molecule has 3 aromatic rings. The van der Waals surface area contributed by atoms with Crippen LogP contribution in [0.3, 0.4) is 0 Å². The van der Waals surface area contributed by atoms with E-state index in [0.29, 0.717) is 0 Å². The van der Waals surface area contributed by atoms with E-state index in [-0.39, 0.29) is 0 Å². The molecule has 0 fully saturated rings. The Morgan fingerprint density at radius 1 is 0.885 bits per heavy atom. The third-order valence-electron chi connectivity index (χ3n) is 4.28. The number of aryl methyl sites for hydroxylation is 1. The average molecular weight is 337 g/mol. The van der Waals surface area contributed by atoms with Gasteiger partial charge < -0.3 is 0 Å². The third-order valence-corrected chi connectivity index (χ3v) is 4.28. The lowest BCUT2D eigenvalue weighted by molar-refractivity contribution is 1.32. The fourth-order valence-electron chi connectivity index (χ4n) is 2.82. The molecule has 0 radical (unpaired) electrons. The van der Waals surface area contributed by atoms with E-state index in [9.17, 15) is 0 Å². The fourth-order valence-corrected chi connectivity index (χ4v) is 2.82. The van der Waals surface area contributed by atoms with Crippen molar-refractivity contribution >= 4 is 5.57 Å². The third kappa shape index (κ3) is 4.07. The summed E-state index contributed by atoms with van der Waals surface area (Å²) >= 11 is 0. The minimum Gasteiger partial charge on any atom is -0.248 e. The van der Waals surface area contributed by atoms with Crippen LogP contribution in [0.25, 0.3) is 28.1 Å². The molecule has 0 aliphatic rings. The Bertz CT molecular complexity index is 959. The molecule has 26 heavy (non-hydrogen) atoms. The van der Waals surface area contributed by atoms with E-state index in [0.717, 1.165) is 33.7 Å². The van der Waals surface area contributed by atoms with Gasteiger partial charge in [0, 0.05) is 11.1 Å². The predicted octanol–water partition coefficient (Wildman–Crippen LogP) is 6.87. The van der Waals surface area contributed by atoms with Crippen LogP contribution in [0.15, 0.2) is 97.6 Å². The molecule has 0 bridgehead atoms. The van der Waals surface area contributed by atoms with Crippen molar-refractivity contribution in [3.8, 4) is 22.5 Å². The van der Waals surface area contributed by atoms with E-state index in [1.54, 1.807) is 0 Å². The molecule has 0 aliphatic heterocycles. The second kappa shape index (κ2) is 8.26. The highest BCUT2D eigenvalue weighted by molar-refractivity contribution is 5.78. The van der Waals surface area contributed by atoms with E-state index in [1.807, 2.05) is 25.2 Å². The summed E-state index contributed by atoms with van der Waals surface area (Å²) in [7, 11) is 0. The van der Waals surface area contributed by atoms with E-state index in [1.165, 1.54) is 5.56 Å². The van der Waals surface area contributed by atoms with Crippen molar-refractivity contribution < 1.29 is 0 Å². The lowest BCUT2D eigenvalue weighted by Gasteiger charge is -2.08. The monoisotopic (exact) mass is 337 g/mol. The van der Waals surface area contributed by atoms with Crippen molar-refractivity contribution in [1.82, 2.24) is 4.98 Å². The van der Waals surface area contributed by atoms with E-state index in [2.05, 4.69) is 86.3 Å². The van der Waals surface area contributed by atoms with Gasteiger partial charge in [-0.25, -0.2) is 4.98 Å². The van der Waals surface area contributed by atoms with Gasteiger partial charge in [0.1, 0.15) is 0 Å². The first-order valence-electron chi connectivity index (χ1n) is 8.81. The molecule has 0 saturated heterocycles. The van der Waals surface area contributed by atoms with Crippen LogP contribution in [-0.4, -0.2) is 4.98 Å². The van der Waals surface area contributed by atoms with Crippen LogP contribution in [0, 0.1) is 6.92 Å². The van der Waals surface area contributed by atoms with E-state index in [4.69, 9.17) is 4.98 Å². The van der Waals surface area contributed by atoms with Crippen molar-refractivity contribution in [2.24, 2.45) is 0 Å². The Balaban J connectivity index is 1.99. The van der Waals surface area contributed by atoms with Gasteiger partial charge in [-0.1, -0.05) is 85.0 Å². The SMILES string of the molecule is C=C/C(=C\C=C/C)c1cccc(-c2cccc(-c3ccc(C)cc3)n2)c1. The zero-order valence-corrected chi connectivity index (χ0v) is 15.3. The van der Waals surface area contributed by atoms with Gasteiger partial charge in [-0.3, -0.25) is 0 Å². The standard InChI is InChI=1S/C25H23N/c1-4-6-9-20(5-2)22-10-7-11-23(18-22)25-13-8-12-24(26-25)21-16-14-19(3)15-17-21/h4-18H,2H2,1,3H3/b6-4-,20-9+. The molecule has 0 saturated carbocycles. The summed E-state index contributed by atoms with van der Waals surface area (Å²) in [6.45, 7) is 8.04. The lowest BCUT2D eigenvalue weighted by Crippen LogP contribution is -1.89. The van der Waals surface area contributed by atoms with Crippen LogP contribution >= 0.6 is 0 Å². The normalized spacial score (nSPS) is 11.7. The van der Waals surface area contributed by atoms with Gasteiger partial charge in [0.15, 0.2) is 0 Å². The van der Waals surface area contributed by atoms with Gasteiger partial charge in [-0.15, -0.1) is 0 Å². The van der Waals surface area contributed by atoms with Gasteiger partial charge in [0.05, 0.1) is 11.4 Å². The van der Waals surface area contributed by atoms with Crippen LogP contribution in [-0.2, 0) is 0 Å². The Morgan fingerprint density at radius 3 is 2.27 bits per heavy atom. The molecule has 0 unspecified atom stereocenters. The highest BCUT2D eigenvalue weighted by Crippen LogP contribution is 2.26. The smallest absolute Gasteiger partial charge is 0.0709 e. The molecule has 0 atom stereocenters. The Labute approximate surface area is 156 Å². The molecular weight excluding hydrogens is 314 g/mol. The largest absolute Gasteiger partial charge is 0.248 e. The van der Waals surface area contributed by atoms with Gasteiger partial charge in [-0.05, 0) is 43.2 Å². The number of nitrogens with zero attached hydrogens (tertiary/aromatic N) is 1. The zero-order valence-electron chi connectivity index (χ0n) is 15.3. The molecule has 0 amide bonds. The summed E-state index contributed by atoms with van der Waals surface area (Å²) in [6, 6.07) is 23.1. The first kappa shape index (κ1) is 17.6. The minimum atomic E-state index is 0.972. The van der Waals surface area contributed by atoms with Crippen molar-refractivity contribution in [2.45, 2.75) is 13.8 Å². The number of allylic oxidation sites excluding steroid dienone is 5. The zero-order chi connectivity index (χ0) is 18.4. The van der Waals surface area contributed by atoms with E-state index >= 15 is 0 Å². The Hall–Kier alpha value is -3.19. The second-order valence-corrected chi connectivity index (χ2v) is 6.21. The van der Waals surface area contributed by atoms with Gasteiger partial charge in [0.2, 0.25) is 0 Å². The number of benzene rings is 2. The van der Waals surface area contributed by atoms with Crippen LogP contribution in [0.4, 0.5) is 0 Å². The minimum absolute atomic E-state index is 0.972. The second-order valence-electron chi connectivity index (χ2n) is 6.21. The maximum atomic E-state index is 4.87. The van der Waals surface area contributed by atoms with Crippen LogP contribution in [0.2, 0.25) is 0 Å². The molecule has 0 spiro atoms. The molecule has 3 rings (SSSR count). The number of hydrogen-bond donors (Lipinski definition) is 0. The van der Waals surface area contributed by atoms with Crippen molar-refractivity contribution in [3.05, 3.63) is 109 Å². The quantitative estimate of drug-likeness (QED) is 0.463. The molecule has 1 aromatic heterocycles. The molecule has 1 heterocycles. The van der Waals surface area contributed by atoms with Gasteiger partial charge in [0.25, 0.3) is 0 Å². The van der Waals surface area contributed by atoms with Crippen LogP contribution < -0.4 is 0 Å². The predicted molar refractivity (Wildman–Crippen MR) is 113 cm³/mol. The number of pyridine rings is 1. The van der Waals surface area contributed by atoms with Crippen LogP contribution in [0.5, 0.6) is 0 Å². The average Bonchev–Trinajstić information content (AvgIpc) is 2.69. The number of rotatable bonds is 5. The molecule has 1 nitrogen and oxygen atoms in total. The van der Waals surface area contributed by atoms with Gasteiger partial charge in [-0.2, -0.15) is 0 Å². The maximum absolute atomic E-state index is 4.87. The van der Waals surface area contributed by atoms with Crippen molar-refractivity contribution in [2.75, 3.05) is 0 Å². The molecule has 0 aliphatic carbocycles. The summed E-state index contributed by atoms with van der Waals surface area (Å²) in [6.07, 6.45) is 8.00. The Morgan fingerprint density at radius 2 is 1.58 bits per heavy atom. The van der Waals surface area contributed by atoms with E-state index < -0.39 is 0 Å². The molecule has 1 heteroatoms. The molecule has 2 aromatic carbocycles. The lowest BCUT2D eigenvalue weighted by atomic mass is 10.0. The first-order chi connectivity index (χ1) is 12.7. The molecular formula is C25H23N. The number of hydrogen-bond acceptors (Lipinski definition) is 1. The fraction of sp³-hybridized carbons (Fsp3) is 0.0800. The van der Waals surface area contributed by atoms with Crippen molar-refractivity contribution in [3.63, 3.8) is 0 Å². The maximum Gasteiger partial charge on any atom is 0.0709 e. The summed E-state index contributed by atoms with van der Waals surface area (Å²) in [5.41, 5.74) is 7.68. The topological polar surface area (TPSA) is 12.9 Å². The van der Waals surface area contributed by atoms with Crippen LogP contribution in [0.1, 0.15) is 18.1 Å². The first-order valence-corrected chi connectivity index (χ1v) is 8.81. The number of aromatic nitrogens is 1. The summed E-state index contributed by atoms with van der Waals surface area (Å²) < 4.78 is 0. The highest BCUT2D eigenvalue weighted by atomic mass is 14.7. The molecule has 128 valence electrons. The highest BCUT2D eigenvalue weighted by Gasteiger charge is 2.05. The summed E-state index contributed by atoms with van der Waals surface area (Å²) in [5, 5.41) is 0. The van der Waals surface area contributed by atoms with Crippen molar-refractivity contribution in [1.29, 1.82) is 0 Å². The Kier molecular flexibility index (Phi) is 5.60. The molecule has 0 N–H and O–H groups in total. The summed E-state index contributed by atoms with van der Waals surface area (Å²) in [5.74, 6) is 0.